The van der Waals surface area contributed by atoms with Crippen molar-refractivity contribution in [2.45, 2.75) is 51.6 Å². The molecular weight excluding hydrogens is 270 g/mol. The maximum Gasteiger partial charge on any atom is 0.320 e. The van der Waals surface area contributed by atoms with Gasteiger partial charge < -0.3 is 14.9 Å². The second kappa shape index (κ2) is 7.11. The summed E-state index contributed by atoms with van der Waals surface area (Å²) in [6.45, 7) is 7.82. The molecule has 0 radical (unpaired) electrons. The van der Waals surface area contributed by atoms with Gasteiger partial charge in [-0.1, -0.05) is 6.92 Å². The number of hydrogen-bond donors (Lipinski definition) is 1. The van der Waals surface area contributed by atoms with Crippen LogP contribution < -0.4 is 0 Å². The van der Waals surface area contributed by atoms with Crippen molar-refractivity contribution in [2.75, 3.05) is 32.7 Å². The van der Waals surface area contributed by atoms with E-state index >= 15 is 0 Å². The third-order valence-electron chi connectivity index (χ3n) is 4.76. The molecule has 2 fully saturated rings. The number of amides is 2. The Bertz CT molecular complexity index is 380. The molecular formula is C15H27N3O3. The lowest BCUT2D eigenvalue weighted by atomic mass is 10.1. The molecule has 2 rings (SSSR count). The van der Waals surface area contributed by atoms with Gasteiger partial charge in [-0.15, -0.1) is 0 Å². The van der Waals surface area contributed by atoms with E-state index in [1.807, 2.05) is 4.90 Å². The Labute approximate surface area is 126 Å². The van der Waals surface area contributed by atoms with Gasteiger partial charge >= 0.3 is 12.0 Å². The van der Waals surface area contributed by atoms with E-state index in [9.17, 15) is 9.59 Å². The SMILES string of the molecule is CCC1CCC(C)N1C(=O)N1CCN(CCC(=O)O)CC1. The largest absolute Gasteiger partial charge is 0.481 e. The Kier molecular flexibility index (Phi) is 5.45. The van der Waals surface area contributed by atoms with Gasteiger partial charge in [0.05, 0.1) is 6.42 Å². The third kappa shape index (κ3) is 3.87. The normalized spacial score (nSPS) is 27.1. The number of nitrogens with zero attached hydrogens (tertiary/aromatic N) is 3. The molecule has 0 aromatic carbocycles. The third-order valence-corrected chi connectivity index (χ3v) is 4.76. The van der Waals surface area contributed by atoms with Gasteiger partial charge in [-0.25, -0.2) is 4.79 Å². The monoisotopic (exact) mass is 297 g/mol. The molecule has 0 aromatic rings. The second-order valence-electron chi connectivity index (χ2n) is 6.15. The number of hydrogen-bond acceptors (Lipinski definition) is 3. The van der Waals surface area contributed by atoms with Gasteiger partial charge in [0.1, 0.15) is 0 Å². The van der Waals surface area contributed by atoms with Crippen LogP contribution in [0.25, 0.3) is 0 Å². The molecule has 2 aliphatic rings. The molecule has 0 aliphatic carbocycles. The van der Waals surface area contributed by atoms with Crippen LogP contribution in [0.1, 0.15) is 39.5 Å². The zero-order valence-electron chi connectivity index (χ0n) is 13.1. The summed E-state index contributed by atoms with van der Waals surface area (Å²) in [7, 11) is 0. The first-order valence-electron chi connectivity index (χ1n) is 8.04. The standard InChI is InChI=1S/C15H27N3O3/c1-3-13-5-4-12(2)18(13)15(21)17-10-8-16(9-11-17)7-6-14(19)20/h12-13H,3-11H2,1-2H3,(H,19,20). The van der Waals surface area contributed by atoms with Crippen LogP contribution in [0.3, 0.4) is 0 Å². The number of urea groups is 1. The molecule has 0 aromatic heterocycles. The van der Waals surface area contributed by atoms with E-state index < -0.39 is 5.97 Å². The number of likely N-dealkylation sites (tertiary alicyclic amines) is 1. The highest BCUT2D eigenvalue weighted by atomic mass is 16.4. The first kappa shape index (κ1) is 16.1. The van der Waals surface area contributed by atoms with Gasteiger partial charge in [0.15, 0.2) is 0 Å². The molecule has 6 nitrogen and oxygen atoms in total. The summed E-state index contributed by atoms with van der Waals surface area (Å²) in [5.41, 5.74) is 0. The summed E-state index contributed by atoms with van der Waals surface area (Å²) in [5, 5.41) is 8.72. The smallest absolute Gasteiger partial charge is 0.320 e. The minimum Gasteiger partial charge on any atom is -0.481 e. The Balaban J connectivity index is 1.84. The molecule has 120 valence electrons. The average Bonchev–Trinajstić information content (AvgIpc) is 2.85. The Morgan fingerprint density at radius 1 is 1.14 bits per heavy atom. The highest BCUT2D eigenvalue weighted by Gasteiger charge is 2.36. The number of carbonyl (C=O) groups excluding carboxylic acids is 1. The van der Waals surface area contributed by atoms with Gasteiger partial charge in [0.2, 0.25) is 0 Å². The van der Waals surface area contributed by atoms with Crippen LogP contribution in [0.15, 0.2) is 0 Å². The molecule has 0 bridgehead atoms. The van der Waals surface area contributed by atoms with Crippen molar-refractivity contribution in [3.8, 4) is 0 Å². The topological polar surface area (TPSA) is 64.1 Å². The zero-order chi connectivity index (χ0) is 15.4. The van der Waals surface area contributed by atoms with Gasteiger partial charge in [-0.2, -0.15) is 0 Å². The van der Waals surface area contributed by atoms with Crippen LogP contribution in [0, 0.1) is 0 Å². The average molecular weight is 297 g/mol. The summed E-state index contributed by atoms with van der Waals surface area (Å²) in [6.07, 6.45) is 3.41. The van der Waals surface area contributed by atoms with Gasteiger partial charge in [0.25, 0.3) is 0 Å². The molecule has 2 heterocycles. The maximum atomic E-state index is 12.7. The van der Waals surface area contributed by atoms with Gasteiger partial charge in [-0.05, 0) is 26.2 Å². The molecule has 2 atom stereocenters. The quantitative estimate of drug-likeness (QED) is 0.853. The number of piperazine rings is 1. The lowest BCUT2D eigenvalue weighted by molar-refractivity contribution is -0.137. The molecule has 2 aliphatic heterocycles. The number of carbonyl (C=O) groups is 2. The summed E-state index contributed by atoms with van der Waals surface area (Å²) in [5.74, 6) is -0.759. The van der Waals surface area contributed by atoms with E-state index in [1.165, 1.54) is 0 Å². The minimum absolute atomic E-state index is 0.171. The molecule has 2 amide bonds. The minimum atomic E-state index is -0.759. The highest BCUT2D eigenvalue weighted by Crippen LogP contribution is 2.27. The fourth-order valence-electron chi connectivity index (χ4n) is 3.40. The summed E-state index contributed by atoms with van der Waals surface area (Å²) >= 11 is 0. The van der Waals surface area contributed by atoms with Crippen LogP contribution in [0.2, 0.25) is 0 Å². The lowest BCUT2D eigenvalue weighted by Gasteiger charge is -2.39. The Morgan fingerprint density at radius 3 is 2.38 bits per heavy atom. The highest BCUT2D eigenvalue weighted by molar-refractivity contribution is 5.75. The van der Waals surface area contributed by atoms with Crippen molar-refractivity contribution in [1.82, 2.24) is 14.7 Å². The van der Waals surface area contributed by atoms with Gasteiger partial charge in [-0.3, -0.25) is 9.69 Å². The Morgan fingerprint density at radius 2 is 1.81 bits per heavy atom. The van der Waals surface area contributed by atoms with E-state index in [4.69, 9.17) is 5.11 Å². The predicted octanol–water partition coefficient (Wildman–Crippen LogP) is 1.46. The number of carboxylic acids is 1. The lowest BCUT2D eigenvalue weighted by Crippen LogP contribution is -2.55. The number of rotatable bonds is 4. The molecule has 2 saturated heterocycles. The first-order valence-corrected chi connectivity index (χ1v) is 8.04. The molecule has 0 spiro atoms. The molecule has 0 saturated carbocycles. The van der Waals surface area contributed by atoms with Crippen LogP contribution in [-0.4, -0.2) is 76.6 Å². The first-order chi connectivity index (χ1) is 10.0. The summed E-state index contributed by atoms with van der Waals surface area (Å²) in [6, 6.07) is 0.898. The molecule has 1 N–H and O–H groups in total. The van der Waals surface area contributed by atoms with Crippen molar-refractivity contribution in [1.29, 1.82) is 0 Å². The zero-order valence-corrected chi connectivity index (χ0v) is 13.1. The van der Waals surface area contributed by atoms with E-state index in [1.54, 1.807) is 0 Å². The second-order valence-corrected chi connectivity index (χ2v) is 6.15. The van der Waals surface area contributed by atoms with Crippen molar-refractivity contribution in [2.24, 2.45) is 0 Å². The van der Waals surface area contributed by atoms with Crippen LogP contribution >= 0.6 is 0 Å². The van der Waals surface area contributed by atoms with E-state index in [-0.39, 0.29) is 12.5 Å². The molecule has 2 unspecified atom stereocenters. The van der Waals surface area contributed by atoms with Crippen molar-refractivity contribution in [3.05, 3.63) is 0 Å². The summed E-state index contributed by atoms with van der Waals surface area (Å²) in [4.78, 5) is 29.4. The fraction of sp³-hybridized carbons (Fsp3) is 0.867. The van der Waals surface area contributed by atoms with Crippen LogP contribution in [0.5, 0.6) is 0 Å². The molecule has 6 heteroatoms. The predicted molar refractivity (Wildman–Crippen MR) is 80.3 cm³/mol. The fourth-order valence-corrected chi connectivity index (χ4v) is 3.40. The van der Waals surface area contributed by atoms with Gasteiger partial charge in [0, 0.05) is 44.8 Å². The number of aliphatic carboxylic acids is 1. The number of carboxylic acid groups (broad SMARTS) is 1. The van der Waals surface area contributed by atoms with E-state index in [0.29, 0.717) is 31.7 Å². The van der Waals surface area contributed by atoms with E-state index in [0.717, 1.165) is 32.4 Å². The van der Waals surface area contributed by atoms with E-state index in [2.05, 4.69) is 23.6 Å². The van der Waals surface area contributed by atoms with Crippen LogP contribution in [0.4, 0.5) is 4.79 Å². The molecule has 21 heavy (non-hydrogen) atoms. The van der Waals surface area contributed by atoms with Crippen molar-refractivity contribution in [3.63, 3.8) is 0 Å². The Hall–Kier alpha value is -1.30. The van der Waals surface area contributed by atoms with Crippen LogP contribution in [-0.2, 0) is 4.79 Å². The van der Waals surface area contributed by atoms with Crippen molar-refractivity contribution >= 4 is 12.0 Å². The van der Waals surface area contributed by atoms with Crippen molar-refractivity contribution < 1.29 is 14.7 Å². The summed E-state index contributed by atoms with van der Waals surface area (Å²) < 4.78 is 0. The maximum absolute atomic E-state index is 12.7.